The van der Waals surface area contributed by atoms with Crippen molar-refractivity contribution in [2.24, 2.45) is 10.2 Å². The van der Waals surface area contributed by atoms with Crippen LogP contribution in [-0.4, -0.2) is 31.7 Å². The van der Waals surface area contributed by atoms with E-state index in [0.717, 1.165) is 21.3 Å². The van der Waals surface area contributed by atoms with Gasteiger partial charge < -0.3 is 14.4 Å². The van der Waals surface area contributed by atoms with Crippen molar-refractivity contribution < 1.29 is 14.3 Å². The van der Waals surface area contributed by atoms with Crippen molar-refractivity contribution in [3.63, 3.8) is 0 Å². The van der Waals surface area contributed by atoms with Crippen molar-refractivity contribution >= 4 is 39.5 Å². The maximum Gasteiger partial charge on any atom is 0.279 e. The molecule has 0 saturated heterocycles. The minimum atomic E-state index is -0.166. The van der Waals surface area contributed by atoms with Gasteiger partial charge in [0.15, 0.2) is 17.2 Å². The highest BCUT2D eigenvalue weighted by Crippen LogP contribution is 2.39. The van der Waals surface area contributed by atoms with Crippen molar-refractivity contribution in [1.82, 2.24) is 0 Å². The zero-order valence-electron chi connectivity index (χ0n) is 12.7. The van der Waals surface area contributed by atoms with Crippen LogP contribution in [0.2, 0.25) is 0 Å². The Morgan fingerprint density at radius 3 is 2.96 bits per heavy atom. The van der Waals surface area contributed by atoms with Crippen LogP contribution in [0.4, 0.5) is 5.69 Å². The molecule has 0 fully saturated rings. The molecule has 2 aromatic rings. The van der Waals surface area contributed by atoms with Crippen LogP contribution < -0.4 is 14.4 Å². The van der Waals surface area contributed by atoms with E-state index in [4.69, 9.17) is 9.47 Å². The average molecular weight is 386 g/mol. The van der Waals surface area contributed by atoms with Crippen molar-refractivity contribution in [2.45, 2.75) is 0 Å². The van der Waals surface area contributed by atoms with Crippen LogP contribution in [0.1, 0.15) is 11.1 Å². The summed E-state index contributed by atoms with van der Waals surface area (Å²) in [5.74, 6) is 1.17. The van der Waals surface area contributed by atoms with Gasteiger partial charge in [0.05, 0.1) is 16.4 Å². The third-order valence-corrected chi connectivity index (χ3v) is 4.43. The molecule has 0 saturated carbocycles. The highest BCUT2D eigenvalue weighted by molar-refractivity contribution is 9.10. The van der Waals surface area contributed by atoms with Crippen LogP contribution in [-0.2, 0) is 4.79 Å². The summed E-state index contributed by atoms with van der Waals surface area (Å²) in [5, 5.41) is 8.19. The first-order chi connectivity index (χ1) is 11.6. The van der Waals surface area contributed by atoms with E-state index in [0.29, 0.717) is 17.2 Å². The molecule has 24 heavy (non-hydrogen) atoms. The Bertz CT molecular complexity index is 908. The molecule has 0 unspecified atom stereocenters. The smallest absolute Gasteiger partial charge is 0.279 e. The summed E-state index contributed by atoms with van der Waals surface area (Å²) in [6, 6.07) is 11.2. The molecule has 0 N–H and O–H groups in total. The second kappa shape index (κ2) is 5.76. The molecule has 2 heterocycles. The van der Waals surface area contributed by atoms with Crippen LogP contribution in [0.25, 0.3) is 0 Å². The maximum atomic E-state index is 12.3. The topological polar surface area (TPSA) is 63.5 Å². The Hall–Kier alpha value is -2.67. The van der Waals surface area contributed by atoms with E-state index in [-0.39, 0.29) is 12.7 Å². The number of carbonyl (C=O) groups is 1. The number of fused-ring (bicyclic) bond motifs is 2. The third-order valence-electron chi connectivity index (χ3n) is 3.84. The van der Waals surface area contributed by atoms with E-state index in [1.807, 2.05) is 36.4 Å². The Kier molecular flexibility index (Phi) is 3.57. The van der Waals surface area contributed by atoms with Crippen molar-refractivity contribution in [3.8, 4) is 11.5 Å². The number of hydrogen-bond donors (Lipinski definition) is 0. The maximum absolute atomic E-state index is 12.3. The molecule has 1 amide bonds. The monoisotopic (exact) mass is 385 g/mol. The number of anilines is 1. The first-order valence-corrected chi connectivity index (χ1v) is 8.02. The number of carbonyl (C=O) groups excluding carboxylic acids is 1. The highest BCUT2D eigenvalue weighted by atomic mass is 79.9. The molecule has 0 radical (unpaired) electrons. The molecule has 2 aliphatic heterocycles. The molecule has 0 spiro atoms. The third kappa shape index (κ3) is 2.37. The molecule has 0 bridgehead atoms. The summed E-state index contributed by atoms with van der Waals surface area (Å²) in [7, 11) is 1.72. The summed E-state index contributed by atoms with van der Waals surface area (Å²) >= 11 is 3.43. The van der Waals surface area contributed by atoms with Gasteiger partial charge in [0.25, 0.3) is 5.91 Å². The van der Waals surface area contributed by atoms with E-state index in [1.54, 1.807) is 18.2 Å². The molecular weight excluding hydrogens is 374 g/mol. The molecule has 0 aliphatic carbocycles. The fourth-order valence-corrected chi connectivity index (χ4v) is 3.24. The van der Waals surface area contributed by atoms with Gasteiger partial charge in [0.1, 0.15) is 0 Å². The van der Waals surface area contributed by atoms with Gasteiger partial charge in [-0.05, 0) is 39.7 Å². The fraction of sp³-hybridized carbons (Fsp3) is 0.118. The van der Waals surface area contributed by atoms with E-state index in [9.17, 15) is 4.79 Å². The van der Waals surface area contributed by atoms with Crippen LogP contribution in [0.3, 0.4) is 0 Å². The van der Waals surface area contributed by atoms with Crippen molar-refractivity contribution in [2.75, 3.05) is 18.7 Å². The average Bonchev–Trinajstić information content (AvgIpc) is 3.14. The highest BCUT2D eigenvalue weighted by Gasteiger charge is 2.31. The van der Waals surface area contributed by atoms with E-state index < -0.39 is 0 Å². The molecule has 2 aromatic carbocycles. The van der Waals surface area contributed by atoms with E-state index in [1.165, 1.54) is 0 Å². The molecule has 0 atom stereocenters. The standard InChI is InChI=1S/C17H12BrN3O3/c1-21-13-5-3-2-4-11(13)15(17(21)22)20-19-8-10-6-12(18)16-14(7-10)23-9-24-16/h2-8H,9H2,1H3/b19-8-,20-15+. The summed E-state index contributed by atoms with van der Waals surface area (Å²) < 4.78 is 11.5. The Morgan fingerprint density at radius 1 is 1.25 bits per heavy atom. The molecular formula is C17H12BrN3O3. The van der Waals surface area contributed by atoms with Gasteiger partial charge in [0, 0.05) is 12.6 Å². The minimum Gasteiger partial charge on any atom is -0.454 e. The Labute approximate surface area is 146 Å². The largest absolute Gasteiger partial charge is 0.454 e. The predicted octanol–water partition coefficient (Wildman–Crippen LogP) is 2.98. The van der Waals surface area contributed by atoms with Gasteiger partial charge in [-0.25, -0.2) is 0 Å². The molecule has 4 rings (SSSR count). The van der Waals surface area contributed by atoms with E-state index in [2.05, 4.69) is 26.1 Å². The fourth-order valence-electron chi connectivity index (χ4n) is 2.66. The normalized spacial score (nSPS) is 17.2. The number of ether oxygens (including phenoxy) is 2. The van der Waals surface area contributed by atoms with Crippen molar-refractivity contribution in [3.05, 3.63) is 52.0 Å². The number of para-hydroxylation sites is 1. The Balaban J connectivity index is 1.65. The number of likely N-dealkylation sites (N-methyl/N-ethyl adjacent to an activating group) is 1. The Morgan fingerprint density at radius 2 is 2.08 bits per heavy atom. The minimum absolute atomic E-state index is 0.166. The lowest BCUT2D eigenvalue weighted by Gasteiger charge is -2.07. The van der Waals surface area contributed by atoms with Gasteiger partial charge >= 0.3 is 0 Å². The zero-order valence-corrected chi connectivity index (χ0v) is 14.3. The zero-order chi connectivity index (χ0) is 16.7. The number of halogens is 1. The summed E-state index contributed by atoms with van der Waals surface area (Å²) in [4.78, 5) is 13.9. The number of benzene rings is 2. The first kappa shape index (κ1) is 14.9. The lowest BCUT2D eigenvalue weighted by molar-refractivity contribution is -0.111. The lowest BCUT2D eigenvalue weighted by Crippen LogP contribution is -2.25. The van der Waals surface area contributed by atoms with Gasteiger partial charge in [-0.2, -0.15) is 5.10 Å². The van der Waals surface area contributed by atoms with Crippen LogP contribution in [0.5, 0.6) is 11.5 Å². The molecule has 7 heteroatoms. The lowest BCUT2D eigenvalue weighted by atomic mass is 10.1. The molecule has 0 aromatic heterocycles. The second-order valence-electron chi connectivity index (χ2n) is 5.31. The number of amides is 1. The second-order valence-corrected chi connectivity index (χ2v) is 6.17. The number of nitrogens with zero attached hydrogens (tertiary/aromatic N) is 3. The molecule has 6 nitrogen and oxygen atoms in total. The van der Waals surface area contributed by atoms with Crippen LogP contribution in [0, 0.1) is 0 Å². The number of hydrogen-bond acceptors (Lipinski definition) is 5. The van der Waals surface area contributed by atoms with Gasteiger partial charge in [-0.1, -0.05) is 18.2 Å². The molecule has 120 valence electrons. The summed E-state index contributed by atoms with van der Waals surface area (Å²) in [5.41, 5.74) is 2.75. The SMILES string of the molecule is CN1C(=O)/C(=N/N=C\c2cc(Br)c3c(c2)OCO3)c2ccccc21. The summed E-state index contributed by atoms with van der Waals surface area (Å²) in [6.45, 7) is 0.203. The van der Waals surface area contributed by atoms with Gasteiger partial charge in [0.2, 0.25) is 6.79 Å². The molecule has 2 aliphatic rings. The van der Waals surface area contributed by atoms with E-state index >= 15 is 0 Å². The first-order valence-electron chi connectivity index (χ1n) is 7.23. The number of rotatable bonds is 2. The van der Waals surface area contributed by atoms with Gasteiger partial charge in [-0.15, -0.1) is 5.10 Å². The van der Waals surface area contributed by atoms with Crippen LogP contribution in [0.15, 0.2) is 51.1 Å². The summed E-state index contributed by atoms with van der Waals surface area (Å²) in [6.07, 6.45) is 1.58. The quantitative estimate of drug-likeness (QED) is 0.589. The predicted molar refractivity (Wildman–Crippen MR) is 94.2 cm³/mol. The van der Waals surface area contributed by atoms with Crippen LogP contribution >= 0.6 is 15.9 Å². The van der Waals surface area contributed by atoms with Gasteiger partial charge in [-0.3, -0.25) is 4.79 Å². The van der Waals surface area contributed by atoms with Crippen molar-refractivity contribution in [1.29, 1.82) is 0 Å².